The van der Waals surface area contributed by atoms with Crippen molar-refractivity contribution in [2.24, 2.45) is 0 Å². The first-order valence-electron chi connectivity index (χ1n) is 8.75. The maximum Gasteiger partial charge on any atom is 0.336 e. The van der Waals surface area contributed by atoms with E-state index in [0.717, 1.165) is 21.2 Å². The fraction of sp³-hybridized carbons (Fsp3) is 0.238. The number of nitrogens with one attached hydrogen (secondary N) is 1. The van der Waals surface area contributed by atoms with Crippen molar-refractivity contribution >= 4 is 40.7 Å². The molecule has 1 aromatic carbocycles. The van der Waals surface area contributed by atoms with E-state index in [1.54, 1.807) is 18.7 Å². The van der Waals surface area contributed by atoms with Crippen LogP contribution in [0.15, 0.2) is 63.7 Å². The zero-order chi connectivity index (χ0) is 20.1. The van der Waals surface area contributed by atoms with Gasteiger partial charge >= 0.3 is 5.97 Å². The lowest BCUT2D eigenvalue weighted by atomic mass is 9.87. The van der Waals surface area contributed by atoms with Gasteiger partial charge in [0.2, 0.25) is 0 Å². The van der Waals surface area contributed by atoms with Gasteiger partial charge in [0, 0.05) is 21.3 Å². The van der Waals surface area contributed by atoms with Gasteiger partial charge in [0.05, 0.1) is 34.8 Å². The molecule has 0 spiro atoms. The first-order chi connectivity index (χ1) is 13.5. The Morgan fingerprint density at radius 2 is 2.11 bits per heavy atom. The van der Waals surface area contributed by atoms with Crippen molar-refractivity contribution in [3.8, 4) is 6.07 Å². The number of hydrogen-bond donors (Lipinski definition) is 1. The van der Waals surface area contributed by atoms with Crippen LogP contribution in [0.2, 0.25) is 5.02 Å². The highest BCUT2D eigenvalue weighted by Gasteiger charge is 2.35. The molecule has 0 unspecified atom stereocenters. The second-order valence-electron chi connectivity index (χ2n) is 6.10. The average molecular weight is 431 g/mol. The molecule has 1 N–H and O–H groups in total. The van der Waals surface area contributed by atoms with Crippen molar-refractivity contribution in [1.29, 1.82) is 5.26 Å². The minimum absolute atomic E-state index is 0.288. The van der Waals surface area contributed by atoms with E-state index in [4.69, 9.17) is 16.3 Å². The molecule has 0 saturated carbocycles. The van der Waals surface area contributed by atoms with Gasteiger partial charge in [-0.25, -0.2) is 4.79 Å². The van der Waals surface area contributed by atoms with Crippen LogP contribution < -0.4 is 5.32 Å². The van der Waals surface area contributed by atoms with Crippen molar-refractivity contribution in [2.45, 2.75) is 25.5 Å². The number of halogens is 1. The van der Waals surface area contributed by atoms with Gasteiger partial charge in [0.1, 0.15) is 0 Å². The Balaban J connectivity index is 1.95. The summed E-state index contributed by atoms with van der Waals surface area (Å²) in [5.74, 6) is -0.123. The Morgan fingerprint density at radius 1 is 1.36 bits per heavy atom. The van der Waals surface area contributed by atoms with Crippen molar-refractivity contribution in [1.82, 2.24) is 5.32 Å². The number of esters is 1. The Hall–Kier alpha value is -2.20. The van der Waals surface area contributed by atoms with E-state index in [-0.39, 0.29) is 12.6 Å². The third-order valence-corrected chi connectivity index (χ3v) is 6.54. The Labute approximate surface area is 177 Å². The number of dihydropyridines is 1. The number of carbonyl (C=O) groups is 1. The number of thiophene rings is 1. The van der Waals surface area contributed by atoms with E-state index >= 15 is 0 Å². The first kappa shape index (κ1) is 20.5. The number of rotatable bonds is 6. The topological polar surface area (TPSA) is 62.1 Å². The summed E-state index contributed by atoms with van der Waals surface area (Å²) in [6.07, 6.45) is 0. The Kier molecular flexibility index (Phi) is 6.84. The highest BCUT2D eigenvalue weighted by molar-refractivity contribution is 8.02. The molecule has 1 aromatic heterocycles. The normalized spacial score (nSPS) is 16.6. The zero-order valence-corrected chi connectivity index (χ0v) is 17.9. The summed E-state index contributed by atoms with van der Waals surface area (Å²) in [4.78, 5) is 13.6. The van der Waals surface area contributed by atoms with Crippen LogP contribution in [0.4, 0.5) is 0 Å². The lowest BCUT2D eigenvalue weighted by Crippen LogP contribution is -2.28. The van der Waals surface area contributed by atoms with Crippen molar-refractivity contribution in [2.75, 3.05) is 6.61 Å². The van der Waals surface area contributed by atoms with Crippen LogP contribution in [0.5, 0.6) is 0 Å². The van der Waals surface area contributed by atoms with Gasteiger partial charge in [-0.05, 0) is 43.0 Å². The fourth-order valence-corrected chi connectivity index (χ4v) is 5.00. The first-order valence-corrected chi connectivity index (χ1v) is 11.0. The van der Waals surface area contributed by atoms with E-state index < -0.39 is 5.92 Å². The Morgan fingerprint density at radius 3 is 2.71 bits per heavy atom. The lowest BCUT2D eigenvalue weighted by Gasteiger charge is -2.28. The SMILES string of the molecule is CCOC(=O)C1=C(C)NC(SCc2ccc(Cl)cc2)=C(C#N)[C@@H]1c1cccs1. The van der Waals surface area contributed by atoms with Gasteiger partial charge in [-0.1, -0.05) is 29.8 Å². The molecule has 0 fully saturated rings. The molecule has 1 aliphatic rings. The summed E-state index contributed by atoms with van der Waals surface area (Å²) in [5.41, 5.74) is 2.85. The molecule has 0 bridgehead atoms. The van der Waals surface area contributed by atoms with Gasteiger partial charge in [0.15, 0.2) is 0 Å². The van der Waals surface area contributed by atoms with Crippen LogP contribution >= 0.6 is 34.7 Å². The molecule has 28 heavy (non-hydrogen) atoms. The number of benzene rings is 1. The maximum atomic E-state index is 12.6. The standard InChI is InChI=1S/C21H19ClN2O2S2/c1-3-26-21(25)18-13(2)24-20(28-12-14-6-8-15(22)9-7-14)16(11-23)19(18)17-5-4-10-27-17/h4-10,19,24H,3,12H2,1-2H3/t19-/m1/s1. The van der Waals surface area contributed by atoms with Crippen molar-refractivity contribution < 1.29 is 9.53 Å². The Bertz CT molecular complexity index is 957. The number of nitriles is 1. The number of hydrogen-bond acceptors (Lipinski definition) is 6. The van der Waals surface area contributed by atoms with Crippen LogP contribution in [0.1, 0.15) is 30.2 Å². The van der Waals surface area contributed by atoms with Crippen LogP contribution in [-0.2, 0) is 15.3 Å². The van der Waals surface area contributed by atoms with Gasteiger partial charge < -0.3 is 10.1 Å². The van der Waals surface area contributed by atoms with Gasteiger partial charge in [-0.3, -0.25) is 0 Å². The summed E-state index contributed by atoms with van der Waals surface area (Å²) < 4.78 is 5.27. The van der Waals surface area contributed by atoms with Crippen LogP contribution in [0.25, 0.3) is 0 Å². The smallest absolute Gasteiger partial charge is 0.336 e. The fourth-order valence-electron chi connectivity index (χ4n) is 2.98. The summed E-state index contributed by atoms with van der Waals surface area (Å²) in [7, 11) is 0. The number of allylic oxidation sites excluding steroid dienone is 2. The molecule has 1 aliphatic heterocycles. The third-order valence-electron chi connectivity index (χ3n) is 4.27. The van der Waals surface area contributed by atoms with Gasteiger partial charge in [-0.15, -0.1) is 23.1 Å². The second-order valence-corrected chi connectivity index (χ2v) is 8.50. The molecule has 144 valence electrons. The molecule has 0 radical (unpaired) electrons. The molecule has 0 amide bonds. The average Bonchev–Trinajstić information content (AvgIpc) is 3.21. The summed E-state index contributed by atoms with van der Waals surface area (Å²) in [6, 6.07) is 13.8. The third kappa shape index (κ3) is 4.44. The zero-order valence-electron chi connectivity index (χ0n) is 15.5. The largest absolute Gasteiger partial charge is 0.463 e. The van der Waals surface area contributed by atoms with Crippen molar-refractivity contribution in [3.63, 3.8) is 0 Å². The van der Waals surface area contributed by atoms with E-state index in [9.17, 15) is 10.1 Å². The molecule has 2 aromatic rings. The number of ether oxygens (including phenoxy) is 1. The van der Waals surface area contributed by atoms with Crippen LogP contribution in [0, 0.1) is 11.3 Å². The second kappa shape index (κ2) is 9.33. The molecular weight excluding hydrogens is 412 g/mol. The lowest BCUT2D eigenvalue weighted by molar-refractivity contribution is -0.138. The van der Waals surface area contributed by atoms with Crippen LogP contribution in [0.3, 0.4) is 0 Å². The molecule has 4 nitrogen and oxygen atoms in total. The highest BCUT2D eigenvalue weighted by atomic mass is 35.5. The van der Waals surface area contributed by atoms with E-state index in [0.29, 0.717) is 21.9 Å². The monoisotopic (exact) mass is 430 g/mol. The van der Waals surface area contributed by atoms with Crippen LogP contribution in [-0.4, -0.2) is 12.6 Å². The quantitative estimate of drug-likeness (QED) is 0.605. The summed E-state index contributed by atoms with van der Waals surface area (Å²) in [6.45, 7) is 3.92. The van der Waals surface area contributed by atoms with E-state index in [1.807, 2.05) is 48.7 Å². The minimum Gasteiger partial charge on any atom is -0.463 e. The predicted octanol–water partition coefficient (Wildman–Crippen LogP) is 5.59. The number of carbonyl (C=O) groups excluding carboxylic acids is 1. The van der Waals surface area contributed by atoms with Gasteiger partial charge in [-0.2, -0.15) is 5.26 Å². The maximum absolute atomic E-state index is 12.6. The van der Waals surface area contributed by atoms with E-state index in [2.05, 4.69) is 11.4 Å². The molecule has 0 saturated heterocycles. The molecular formula is C21H19ClN2O2S2. The number of thioether (sulfide) groups is 1. The van der Waals surface area contributed by atoms with Crippen molar-refractivity contribution in [3.05, 3.63) is 79.1 Å². The summed E-state index contributed by atoms with van der Waals surface area (Å²) >= 11 is 9.02. The molecule has 0 aliphatic carbocycles. The molecule has 2 heterocycles. The molecule has 7 heteroatoms. The molecule has 1 atom stereocenters. The molecule has 3 rings (SSSR count). The number of nitrogens with zero attached hydrogens (tertiary/aromatic N) is 1. The predicted molar refractivity (Wildman–Crippen MR) is 115 cm³/mol. The minimum atomic E-state index is -0.419. The highest BCUT2D eigenvalue weighted by Crippen LogP contribution is 2.43. The summed E-state index contributed by atoms with van der Waals surface area (Å²) in [5, 5.41) is 16.6. The van der Waals surface area contributed by atoms with E-state index in [1.165, 1.54) is 11.3 Å². The van der Waals surface area contributed by atoms with Gasteiger partial charge in [0.25, 0.3) is 0 Å².